The second kappa shape index (κ2) is 5.84. The van der Waals surface area contributed by atoms with E-state index in [4.69, 9.17) is 4.42 Å². The number of hydrogen-bond donors (Lipinski definition) is 1. The fourth-order valence-electron chi connectivity index (χ4n) is 1.81. The minimum atomic E-state index is 0.0673. The topological polar surface area (TPSA) is 54.2 Å². The quantitative estimate of drug-likeness (QED) is 0.896. The molecule has 0 saturated carbocycles. The summed E-state index contributed by atoms with van der Waals surface area (Å²) in [6.07, 6.45) is 0. The van der Waals surface area contributed by atoms with Gasteiger partial charge in [-0.1, -0.05) is 29.7 Å². The van der Waals surface area contributed by atoms with Crippen molar-refractivity contribution >= 4 is 11.7 Å². The molecule has 1 aromatic carbocycles. The lowest BCUT2D eigenvalue weighted by Crippen LogP contribution is -2.17. The van der Waals surface area contributed by atoms with E-state index < -0.39 is 0 Å². The van der Waals surface area contributed by atoms with Crippen molar-refractivity contribution in [2.45, 2.75) is 26.8 Å². The number of aryl methyl sites for hydroxylation is 1. The molecule has 0 fully saturated rings. The lowest BCUT2D eigenvalue weighted by Gasteiger charge is -2.14. The van der Waals surface area contributed by atoms with Crippen molar-refractivity contribution < 1.29 is 4.42 Å². The van der Waals surface area contributed by atoms with Crippen LogP contribution in [0, 0.1) is 6.92 Å². The number of benzene rings is 1. The second-order valence-electron chi connectivity index (χ2n) is 4.60. The van der Waals surface area contributed by atoms with Gasteiger partial charge >= 0.3 is 6.01 Å². The van der Waals surface area contributed by atoms with E-state index in [9.17, 15) is 0 Å². The van der Waals surface area contributed by atoms with Gasteiger partial charge in [-0.05, 0) is 32.5 Å². The number of nitrogens with one attached hydrogen (secondary N) is 1. The Morgan fingerprint density at radius 3 is 2.58 bits per heavy atom. The Balaban J connectivity index is 2.15. The molecule has 0 amide bonds. The third-order valence-corrected chi connectivity index (χ3v) is 3.02. The molecule has 19 heavy (non-hydrogen) atoms. The molecule has 2 aromatic rings. The van der Waals surface area contributed by atoms with Gasteiger partial charge in [-0.15, -0.1) is 5.10 Å². The summed E-state index contributed by atoms with van der Waals surface area (Å²) in [4.78, 5) is 1.88. The van der Waals surface area contributed by atoms with Crippen LogP contribution in [0.15, 0.2) is 28.7 Å². The van der Waals surface area contributed by atoms with E-state index in [1.165, 1.54) is 5.56 Å². The van der Waals surface area contributed by atoms with Crippen molar-refractivity contribution in [1.29, 1.82) is 0 Å². The predicted octanol–water partition coefficient (Wildman–Crippen LogP) is 2.82. The molecular formula is C14H20N4O. The molecule has 0 aliphatic heterocycles. The van der Waals surface area contributed by atoms with Crippen molar-refractivity contribution in [2.75, 3.05) is 18.5 Å². The first kappa shape index (κ1) is 13.5. The summed E-state index contributed by atoms with van der Waals surface area (Å²) in [5.74, 6) is 0.607. The minimum absolute atomic E-state index is 0.0673. The van der Waals surface area contributed by atoms with Gasteiger partial charge in [0.1, 0.15) is 0 Å². The molecule has 1 N–H and O–H groups in total. The van der Waals surface area contributed by atoms with E-state index >= 15 is 0 Å². The largest absolute Gasteiger partial charge is 0.406 e. The number of nitrogens with zero attached hydrogens (tertiary/aromatic N) is 3. The zero-order valence-electron chi connectivity index (χ0n) is 11.8. The molecule has 102 valence electrons. The molecule has 1 unspecified atom stereocenters. The predicted molar refractivity (Wildman–Crippen MR) is 75.6 cm³/mol. The molecule has 1 aromatic heterocycles. The average molecular weight is 260 g/mol. The molecule has 0 aliphatic carbocycles. The Hall–Kier alpha value is -1.88. The molecule has 1 heterocycles. The van der Waals surface area contributed by atoms with Crippen LogP contribution in [0.3, 0.4) is 0 Å². The Kier molecular flexibility index (Phi) is 4.16. The number of hydrogen-bond acceptors (Lipinski definition) is 5. The maximum Gasteiger partial charge on any atom is 0.322 e. The summed E-state index contributed by atoms with van der Waals surface area (Å²) in [6, 6.07) is 8.76. The summed E-state index contributed by atoms with van der Waals surface area (Å²) in [6.45, 7) is 6.98. The van der Waals surface area contributed by atoms with E-state index in [0.717, 1.165) is 12.2 Å². The van der Waals surface area contributed by atoms with Crippen LogP contribution in [0.25, 0.3) is 0 Å². The van der Waals surface area contributed by atoms with Crippen LogP contribution in [0.4, 0.5) is 11.7 Å². The molecule has 0 aliphatic rings. The van der Waals surface area contributed by atoms with Gasteiger partial charge in [-0.3, -0.25) is 4.90 Å². The molecule has 0 saturated heterocycles. The van der Waals surface area contributed by atoms with Gasteiger partial charge in [-0.25, -0.2) is 0 Å². The first-order chi connectivity index (χ1) is 9.11. The Morgan fingerprint density at radius 2 is 1.95 bits per heavy atom. The smallest absolute Gasteiger partial charge is 0.322 e. The van der Waals surface area contributed by atoms with Crippen molar-refractivity contribution in [3.8, 4) is 0 Å². The Bertz CT molecular complexity index is 520. The number of rotatable bonds is 5. The monoisotopic (exact) mass is 260 g/mol. The van der Waals surface area contributed by atoms with Crippen molar-refractivity contribution in [1.82, 2.24) is 15.5 Å². The van der Waals surface area contributed by atoms with Gasteiger partial charge in [-0.2, -0.15) is 0 Å². The SMILES string of the molecule is CCNC(C)c1nnc(N(C)c2ccc(C)cc2)o1. The molecule has 0 spiro atoms. The van der Waals surface area contributed by atoms with Crippen molar-refractivity contribution in [2.24, 2.45) is 0 Å². The lowest BCUT2D eigenvalue weighted by molar-refractivity contribution is 0.425. The maximum atomic E-state index is 5.69. The van der Waals surface area contributed by atoms with E-state index in [0.29, 0.717) is 11.9 Å². The molecule has 1 atom stereocenters. The number of aromatic nitrogens is 2. The van der Waals surface area contributed by atoms with Crippen LogP contribution < -0.4 is 10.2 Å². The fraction of sp³-hybridized carbons (Fsp3) is 0.429. The highest BCUT2D eigenvalue weighted by molar-refractivity contribution is 5.55. The van der Waals surface area contributed by atoms with Gasteiger partial charge in [0.05, 0.1) is 6.04 Å². The van der Waals surface area contributed by atoms with E-state index in [1.807, 2.05) is 37.9 Å². The van der Waals surface area contributed by atoms with Gasteiger partial charge in [0.25, 0.3) is 0 Å². The first-order valence-electron chi connectivity index (χ1n) is 6.49. The zero-order valence-corrected chi connectivity index (χ0v) is 11.8. The summed E-state index contributed by atoms with van der Waals surface area (Å²) in [5, 5.41) is 11.4. The Labute approximate surface area is 113 Å². The van der Waals surface area contributed by atoms with Gasteiger partial charge in [0, 0.05) is 12.7 Å². The van der Waals surface area contributed by atoms with Crippen LogP contribution in [0.2, 0.25) is 0 Å². The van der Waals surface area contributed by atoms with Crippen LogP contribution >= 0.6 is 0 Å². The molecule has 0 bridgehead atoms. The maximum absolute atomic E-state index is 5.69. The second-order valence-corrected chi connectivity index (χ2v) is 4.60. The highest BCUT2D eigenvalue weighted by atomic mass is 16.4. The normalized spacial score (nSPS) is 12.4. The molecule has 0 radical (unpaired) electrons. The minimum Gasteiger partial charge on any atom is -0.406 e. The van der Waals surface area contributed by atoms with Gasteiger partial charge in [0.2, 0.25) is 5.89 Å². The number of anilines is 2. The average Bonchev–Trinajstić information content (AvgIpc) is 2.89. The fourth-order valence-corrected chi connectivity index (χ4v) is 1.81. The zero-order chi connectivity index (χ0) is 13.8. The molecule has 5 nitrogen and oxygen atoms in total. The summed E-state index contributed by atoms with van der Waals surface area (Å²) >= 11 is 0. The van der Waals surface area contributed by atoms with Gasteiger partial charge in [0.15, 0.2) is 0 Å². The van der Waals surface area contributed by atoms with E-state index in [1.54, 1.807) is 0 Å². The van der Waals surface area contributed by atoms with Crippen molar-refractivity contribution in [3.05, 3.63) is 35.7 Å². The first-order valence-corrected chi connectivity index (χ1v) is 6.49. The van der Waals surface area contributed by atoms with E-state index in [-0.39, 0.29) is 6.04 Å². The van der Waals surface area contributed by atoms with Crippen LogP contribution in [-0.4, -0.2) is 23.8 Å². The Morgan fingerprint density at radius 1 is 1.26 bits per heavy atom. The van der Waals surface area contributed by atoms with Crippen LogP contribution in [-0.2, 0) is 0 Å². The summed E-state index contributed by atoms with van der Waals surface area (Å²) in [7, 11) is 1.92. The third-order valence-electron chi connectivity index (χ3n) is 3.02. The van der Waals surface area contributed by atoms with Crippen LogP contribution in [0.1, 0.15) is 31.3 Å². The van der Waals surface area contributed by atoms with Gasteiger partial charge < -0.3 is 9.73 Å². The highest BCUT2D eigenvalue weighted by Crippen LogP contribution is 2.23. The molecule has 2 rings (SSSR count). The third kappa shape index (κ3) is 3.12. The molecular weight excluding hydrogens is 240 g/mol. The standard InChI is InChI=1S/C14H20N4O/c1-5-15-11(3)13-16-17-14(19-13)18(4)12-8-6-10(2)7-9-12/h6-9,11,15H,5H2,1-4H3. The highest BCUT2D eigenvalue weighted by Gasteiger charge is 2.16. The van der Waals surface area contributed by atoms with Crippen LogP contribution in [0.5, 0.6) is 0 Å². The lowest BCUT2D eigenvalue weighted by atomic mass is 10.2. The summed E-state index contributed by atoms with van der Waals surface area (Å²) in [5.41, 5.74) is 2.25. The summed E-state index contributed by atoms with van der Waals surface area (Å²) < 4.78 is 5.69. The van der Waals surface area contributed by atoms with E-state index in [2.05, 4.69) is 34.6 Å². The van der Waals surface area contributed by atoms with Crippen molar-refractivity contribution in [3.63, 3.8) is 0 Å². The molecule has 5 heteroatoms.